The first-order chi connectivity index (χ1) is 18.2. The van der Waals surface area contributed by atoms with E-state index in [1.165, 1.54) is 104 Å². The van der Waals surface area contributed by atoms with E-state index in [0.717, 1.165) is 12.5 Å². The number of quaternary nitrogens is 2. The van der Waals surface area contributed by atoms with Crippen LogP contribution in [0.2, 0.25) is 0 Å². The molecule has 0 unspecified atom stereocenters. The molecule has 0 atom stereocenters. The Morgan fingerprint density at radius 3 is 1.17 bits per heavy atom. The number of piperidine rings is 1. The van der Waals surface area contributed by atoms with Crippen molar-refractivity contribution in [3.05, 3.63) is 0 Å². The predicted molar refractivity (Wildman–Crippen MR) is 156 cm³/mol. The van der Waals surface area contributed by atoms with Crippen molar-refractivity contribution in [3.8, 4) is 0 Å². The molecule has 0 amide bonds. The van der Waals surface area contributed by atoms with Gasteiger partial charge in [0.15, 0.2) is 0 Å². The summed E-state index contributed by atoms with van der Waals surface area (Å²) < 4.78 is 120. The molecule has 0 aromatic heterocycles. The van der Waals surface area contributed by atoms with Crippen molar-refractivity contribution in [1.29, 1.82) is 0 Å². The number of hydrogen-bond acceptors (Lipinski definition) is 8. The Balaban J connectivity index is 0. The van der Waals surface area contributed by atoms with Gasteiger partial charge in [0, 0.05) is 12.8 Å². The normalized spacial score (nSPS) is 19.0. The first-order valence-electron chi connectivity index (χ1n) is 13.4. The second-order valence-electron chi connectivity index (χ2n) is 11.1. The van der Waals surface area contributed by atoms with Crippen LogP contribution in [0, 0.1) is 0 Å². The maximum absolute atomic E-state index is 11.4. The molecule has 0 saturated carbocycles. The first-order valence-corrected chi connectivity index (χ1v) is 20.5. The highest BCUT2D eigenvalue weighted by Gasteiger charge is 2.47. The summed E-state index contributed by atoms with van der Waals surface area (Å²) in [5.74, 6) is 0. The smallest absolute Gasteiger partial charge is 0.326 e. The van der Waals surface area contributed by atoms with Crippen molar-refractivity contribution in [2.75, 3.05) is 72.1 Å². The second kappa shape index (κ2) is 17.7. The second-order valence-corrected chi connectivity index (χ2v) is 18.6. The van der Waals surface area contributed by atoms with Crippen LogP contribution in [-0.2, 0) is 40.1 Å². The maximum Gasteiger partial charge on any atom is 0.512 e. The van der Waals surface area contributed by atoms with Gasteiger partial charge < -0.3 is 8.97 Å². The van der Waals surface area contributed by atoms with Crippen molar-refractivity contribution in [2.45, 2.75) is 70.7 Å². The highest BCUT2D eigenvalue weighted by Crippen LogP contribution is 2.22. The van der Waals surface area contributed by atoms with Gasteiger partial charge in [-0.2, -0.15) is 13.2 Å². The number of nitrogens with zero attached hydrogens (tertiary/aromatic N) is 2. The number of rotatable bonds is 9. The van der Waals surface area contributed by atoms with Crippen LogP contribution in [0.1, 0.15) is 65.2 Å². The van der Waals surface area contributed by atoms with Gasteiger partial charge in [-0.15, -0.1) is 8.25 Å². The summed E-state index contributed by atoms with van der Waals surface area (Å²) in [4.78, 5) is 0. The molecule has 0 aliphatic carbocycles. The van der Waals surface area contributed by atoms with Crippen LogP contribution >= 0.6 is 0 Å². The lowest BCUT2D eigenvalue weighted by molar-refractivity contribution is -0.914. The van der Waals surface area contributed by atoms with Crippen molar-refractivity contribution < 1.29 is 55.8 Å². The minimum absolute atomic E-state index is 0.302. The molecule has 0 bridgehead atoms. The number of nitrogens with one attached hydrogen (secondary N) is 2. The fourth-order valence-electron chi connectivity index (χ4n) is 4.42. The first kappa shape index (κ1) is 42.6. The van der Waals surface area contributed by atoms with Crippen LogP contribution in [-0.4, -0.2) is 120 Å². The van der Waals surface area contributed by atoms with E-state index in [1.807, 2.05) is 0 Å². The third-order valence-electron chi connectivity index (χ3n) is 6.23. The predicted octanol–water partition coefficient (Wildman–Crippen LogP) is 1.93. The number of unbranched alkanes of at least 4 members (excludes halogenated alkanes) is 1. The average molecular weight is 685 g/mol. The summed E-state index contributed by atoms with van der Waals surface area (Å²) in [7, 11) is -12.6. The molecule has 0 spiro atoms. The van der Waals surface area contributed by atoms with Crippen LogP contribution in [0.3, 0.4) is 0 Å². The molecule has 2 aliphatic rings. The molecule has 12 nitrogen and oxygen atoms in total. The summed E-state index contributed by atoms with van der Waals surface area (Å²) in [6, 6.07) is 0. The molecule has 2 heterocycles. The van der Waals surface area contributed by atoms with Gasteiger partial charge >= 0.3 is 15.5 Å². The molecule has 0 aromatic rings. The fraction of sp³-hybridized carbons (Fsp3) is 1.00. The third-order valence-corrected chi connectivity index (χ3v) is 11.3. The molecule has 2 fully saturated rings. The monoisotopic (exact) mass is 684 g/mol. The number of sulfonamides is 4. The summed E-state index contributed by atoms with van der Waals surface area (Å²) in [5.41, 5.74) is -5.62. The van der Waals surface area contributed by atoms with Crippen LogP contribution in [0.4, 0.5) is 13.2 Å². The lowest BCUT2D eigenvalue weighted by atomic mass is 10.1. The van der Waals surface area contributed by atoms with Crippen molar-refractivity contribution in [1.82, 2.24) is 8.25 Å². The van der Waals surface area contributed by atoms with Crippen molar-refractivity contribution in [3.63, 3.8) is 0 Å². The van der Waals surface area contributed by atoms with Crippen LogP contribution in [0.25, 0.3) is 0 Å². The van der Waals surface area contributed by atoms with E-state index >= 15 is 0 Å². The minimum atomic E-state index is -5.79. The Morgan fingerprint density at radius 1 is 0.585 bits per heavy atom. The molecule has 2 N–H and O–H groups in total. The summed E-state index contributed by atoms with van der Waals surface area (Å²) in [6.45, 7) is 13.1. The van der Waals surface area contributed by atoms with E-state index in [1.54, 1.807) is 0 Å². The van der Waals surface area contributed by atoms with Crippen LogP contribution in [0.15, 0.2) is 0 Å². The number of alkyl halides is 3. The Bertz CT molecular complexity index is 1140. The van der Waals surface area contributed by atoms with E-state index in [0.29, 0.717) is 10.4 Å². The molecule has 2 saturated heterocycles. The Hall–Kier alpha value is -0.570. The zero-order valence-electron chi connectivity index (χ0n) is 25.3. The number of halogens is 3. The highest BCUT2D eigenvalue weighted by atomic mass is 32.3. The van der Waals surface area contributed by atoms with Crippen molar-refractivity contribution >= 4 is 40.1 Å². The highest BCUT2D eigenvalue weighted by molar-refractivity contribution is 8.05. The number of likely N-dealkylation sites (tertiary alicyclic amines) is 2. The summed E-state index contributed by atoms with van der Waals surface area (Å²) >= 11 is 0. The standard InChI is InChI=1S/2C9H20N.C2H4F3NO4S2.C2H7NO4S2/c1-3-7-10(2)8-5-4-6-9-10;1-3-4-7-10(2)8-5-6-9-10;1-11(7,8)6-12(9,10)2(3,4)5;1-8(4,5)3-9(2,6)7/h2*3-9H2,1-2H3;6H,1H3;3H,1-2H3/q2*+1;;. The van der Waals surface area contributed by atoms with Gasteiger partial charge in [0.05, 0.1) is 72.1 Å². The lowest BCUT2D eigenvalue weighted by Gasteiger charge is -2.37. The van der Waals surface area contributed by atoms with Gasteiger partial charge in [-0.25, -0.2) is 33.7 Å². The van der Waals surface area contributed by atoms with E-state index in [-0.39, 0.29) is 0 Å². The van der Waals surface area contributed by atoms with E-state index < -0.39 is 45.6 Å². The zero-order chi connectivity index (χ0) is 32.8. The minimum Gasteiger partial charge on any atom is -0.326 e. The van der Waals surface area contributed by atoms with Gasteiger partial charge in [-0.3, -0.25) is 0 Å². The van der Waals surface area contributed by atoms with E-state index in [2.05, 4.69) is 27.9 Å². The van der Waals surface area contributed by atoms with Gasteiger partial charge in [0.2, 0.25) is 30.1 Å². The van der Waals surface area contributed by atoms with Gasteiger partial charge in [-0.05, 0) is 32.1 Å². The zero-order valence-corrected chi connectivity index (χ0v) is 28.6. The molecule has 19 heteroatoms. The molecule has 0 aromatic carbocycles. The average Bonchev–Trinajstić information content (AvgIpc) is 3.16. The summed E-state index contributed by atoms with van der Waals surface area (Å²) in [6.07, 6.45) is 13.3. The molecular formula is C22H51F3N4O8S4+2. The van der Waals surface area contributed by atoms with Crippen LogP contribution < -0.4 is 8.25 Å². The molecular weight excluding hydrogens is 634 g/mol. The SMILES string of the molecule is CCCC[N+]1(C)CCCC1.CCC[N+]1(C)CCCCC1.CS(=O)(=O)NS(=O)(=O)C(F)(F)F.CS(=O)(=O)NS(C)(=O)=O. The Labute approximate surface area is 246 Å². The Kier molecular flexibility index (Phi) is 18.3. The third kappa shape index (κ3) is 23.6. The number of hydrogen-bond donors (Lipinski definition) is 2. The summed E-state index contributed by atoms with van der Waals surface area (Å²) in [5, 5.41) is 0. The molecule has 0 radical (unpaired) electrons. The van der Waals surface area contributed by atoms with Crippen molar-refractivity contribution in [2.24, 2.45) is 0 Å². The fourth-order valence-corrected chi connectivity index (χ4v) is 8.59. The lowest BCUT2D eigenvalue weighted by Crippen LogP contribution is -2.48. The van der Waals surface area contributed by atoms with Gasteiger partial charge in [0.1, 0.15) is 0 Å². The maximum atomic E-state index is 11.4. The molecule has 250 valence electrons. The van der Waals surface area contributed by atoms with E-state index in [9.17, 15) is 46.8 Å². The van der Waals surface area contributed by atoms with E-state index in [4.69, 9.17) is 0 Å². The quantitative estimate of drug-likeness (QED) is 0.349. The van der Waals surface area contributed by atoms with Crippen LogP contribution in [0.5, 0.6) is 0 Å². The van der Waals surface area contributed by atoms with Gasteiger partial charge in [0.25, 0.3) is 0 Å². The molecule has 2 rings (SSSR count). The largest absolute Gasteiger partial charge is 0.512 e. The topological polar surface area (TPSA) is 161 Å². The molecule has 41 heavy (non-hydrogen) atoms. The molecule has 2 aliphatic heterocycles. The van der Waals surface area contributed by atoms with Gasteiger partial charge in [-0.1, -0.05) is 20.3 Å². The Morgan fingerprint density at radius 2 is 0.927 bits per heavy atom.